The third-order valence-electron chi connectivity index (χ3n) is 3.60. The lowest BCUT2D eigenvalue weighted by Gasteiger charge is -2.09. The lowest BCUT2D eigenvalue weighted by Crippen LogP contribution is -2.21. The van der Waals surface area contributed by atoms with Crippen molar-refractivity contribution in [2.75, 3.05) is 5.32 Å². The third kappa shape index (κ3) is 2.74. The molecule has 0 atom stereocenters. The second-order valence-electron chi connectivity index (χ2n) is 5.16. The number of phenolic OH excluding ortho intramolecular Hbond substituents is 1. The molecule has 7 heteroatoms. The van der Waals surface area contributed by atoms with Crippen LogP contribution in [0, 0.1) is 6.92 Å². The van der Waals surface area contributed by atoms with Crippen molar-refractivity contribution in [3.8, 4) is 11.5 Å². The van der Waals surface area contributed by atoms with Crippen molar-refractivity contribution >= 4 is 38.5 Å². The zero-order chi connectivity index (χ0) is 17.4. The normalized spacial score (nSPS) is 10.8. The molecule has 24 heavy (non-hydrogen) atoms. The minimum absolute atomic E-state index is 0.0395. The molecule has 2 aromatic carbocycles. The molecule has 3 aromatic rings. The van der Waals surface area contributed by atoms with Crippen LogP contribution in [0.3, 0.4) is 0 Å². The highest BCUT2D eigenvalue weighted by Crippen LogP contribution is 2.32. The van der Waals surface area contributed by atoms with Crippen LogP contribution >= 0.6 is 15.9 Å². The topological polar surface area (TPSA) is 99.8 Å². The number of aryl methyl sites for hydroxylation is 1. The summed E-state index contributed by atoms with van der Waals surface area (Å²) in [5, 5.41) is 22.7. The minimum Gasteiger partial charge on any atom is -0.508 e. The molecular weight excluding hydrogens is 378 g/mol. The summed E-state index contributed by atoms with van der Waals surface area (Å²) < 4.78 is 5.96. The number of hydrogen-bond acceptors (Lipinski definition) is 5. The molecule has 0 spiro atoms. The highest BCUT2D eigenvalue weighted by atomic mass is 79.9. The number of carbonyl (C=O) groups excluding carboxylic acids is 1. The molecule has 1 heterocycles. The van der Waals surface area contributed by atoms with E-state index in [-0.39, 0.29) is 16.7 Å². The summed E-state index contributed by atoms with van der Waals surface area (Å²) in [4.78, 5) is 24.5. The molecule has 1 aromatic heterocycles. The first kappa shape index (κ1) is 16.1. The zero-order valence-electron chi connectivity index (χ0n) is 12.5. The fraction of sp³-hybridized carbons (Fsp3) is 0.0588. The zero-order valence-corrected chi connectivity index (χ0v) is 14.0. The largest absolute Gasteiger partial charge is 0.508 e. The molecule has 0 fully saturated rings. The number of phenols is 1. The number of benzene rings is 2. The Balaban J connectivity index is 2.09. The number of hydrogen-bond donors (Lipinski definition) is 3. The van der Waals surface area contributed by atoms with Gasteiger partial charge < -0.3 is 19.9 Å². The quantitative estimate of drug-likeness (QED) is 0.582. The molecule has 0 aliphatic carbocycles. The Bertz CT molecular complexity index is 1010. The number of halogens is 1. The lowest BCUT2D eigenvalue weighted by molar-refractivity contribution is 0.102. The molecule has 3 rings (SSSR count). The number of nitrogens with one attached hydrogen (secondary N) is 1. The van der Waals surface area contributed by atoms with Gasteiger partial charge in [-0.2, -0.15) is 0 Å². The van der Waals surface area contributed by atoms with Crippen LogP contribution in [0.4, 0.5) is 5.69 Å². The summed E-state index contributed by atoms with van der Waals surface area (Å²) in [5.41, 5.74) is -0.666. The Morgan fingerprint density at radius 1 is 1.12 bits per heavy atom. The molecule has 1 amide bonds. The van der Waals surface area contributed by atoms with Crippen LogP contribution < -0.4 is 10.9 Å². The van der Waals surface area contributed by atoms with Gasteiger partial charge in [0.2, 0.25) is 0 Å². The molecule has 6 nitrogen and oxygen atoms in total. The van der Waals surface area contributed by atoms with Crippen molar-refractivity contribution in [2.45, 2.75) is 6.92 Å². The van der Waals surface area contributed by atoms with E-state index in [9.17, 15) is 19.8 Å². The van der Waals surface area contributed by atoms with E-state index in [4.69, 9.17) is 4.42 Å². The van der Waals surface area contributed by atoms with Gasteiger partial charge in [-0.15, -0.1) is 0 Å². The Morgan fingerprint density at radius 2 is 1.79 bits per heavy atom. The van der Waals surface area contributed by atoms with Crippen LogP contribution in [0.2, 0.25) is 0 Å². The van der Waals surface area contributed by atoms with Crippen molar-refractivity contribution in [1.82, 2.24) is 0 Å². The Kier molecular flexibility index (Phi) is 4.02. The average molecular weight is 390 g/mol. The van der Waals surface area contributed by atoms with Gasteiger partial charge in [0.05, 0.1) is 5.39 Å². The van der Waals surface area contributed by atoms with E-state index in [1.54, 1.807) is 31.2 Å². The van der Waals surface area contributed by atoms with E-state index in [1.165, 1.54) is 12.1 Å². The summed E-state index contributed by atoms with van der Waals surface area (Å²) in [5.74, 6) is -1.34. The SMILES string of the molecule is Cc1c(O)ccc2c(O)c(C(=O)Nc3ccc(Br)cc3)c(=O)oc12. The van der Waals surface area contributed by atoms with Gasteiger partial charge in [0.1, 0.15) is 17.1 Å². The molecule has 0 aliphatic heterocycles. The van der Waals surface area contributed by atoms with Gasteiger partial charge >= 0.3 is 5.63 Å². The van der Waals surface area contributed by atoms with E-state index < -0.39 is 22.8 Å². The van der Waals surface area contributed by atoms with Crippen LogP contribution in [0.15, 0.2) is 50.1 Å². The van der Waals surface area contributed by atoms with Gasteiger partial charge in [-0.3, -0.25) is 4.79 Å². The van der Waals surface area contributed by atoms with Crippen molar-refractivity contribution in [2.24, 2.45) is 0 Å². The molecular formula is C17H12BrNO5. The van der Waals surface area contributed by atoms with E-state index in [0.717, 1.165) is 4.47 Å². The van der Waals surface area contributed by atoms with E-state index in [0.29, 0.717) is 11.3 Å². The highest BCUT2D eigenvalue weighted by Gasteiger charge is 2.22. The number of carbonyl (C=O) groups is 1. The van der Waals surface area contributed by atoms with Crippen LogP contribution in [-0.2, 0) is 0 Å². The van der Waals surface area contributed by atoms with Crippen LogP contribution in [0.5, 0.6) is 11.5 Å². The van der Waals surface area contributed by atoms with Crippen molar-refractivity contribution < 1.29 is 19.4 Å². The first-order valence-corrected chi connectivity index (χ1v) is 7.73. The Morgan fingerprint density at radius 3 is 2.46 bits per heavy atom. The number of rotatable bonds is 2. The maximum atomic E-state index is 12.3. The van der Waals surface area contributed by atoms with Gasteiger partial charge in [0.15, 0.2) is 5.56 Å². The molecule has 0 aliphatic rings. The third-order valence-corrected chi connectivity index (χ3v) is 4.13. The molecule has 0 radical (unpaired) electrons. The van der Waals surface area contributed by atoms with E-state index >= 15 is 0 Å². The summed E-state index contributed by atoms with van der Waals surface area (Å²) in [6.07, 6.45) is 0. The van der Waals surface area contributed by atoms with Crippen LogP contribution in [0.25, 0.3) is 11.0 Å². The van der Waals surface area contributed by atoms with Crippen molar-refractivity contribution in [3.63, 3.8) is 0 Å². The fourth-order valence-electron chi connectivity index (χ4n) is 2.30. The summed E-state index contributed by atoms with van der Waals surface area (Å²) in [6.45, 7) is 1.54. The minimum atomic E-state index is -0.983. The molecule has 3 N–H and O–H groups in total. The predicted molar refractivity (Wildman–Crippen MR) is 92.6 cm³/mol. The second kappa shape index (κ2) is 6.01. The van der Waals surface area contributed by atoms with E-state index in [2.05, 4.69) is 21.2 Å². The van der Waals surface area contributed by atoms with Crippen LogP contribution in [0.1, 0.15) is 15.9 Å². The Hall–Kier alpha value is -2.80. The Labute approximate surface area is 144 Å². The summed E-state index contributed by atoms with van der Waals surface area (Å²) in [6, 6.07) is 9.48. The monoisotopic (exact) mass is 389 g/mol. The lowest BCUT2D eigenvalue weighted by atomic mass is 10.1. The first-order chi connectivity index (χ1) is 11.4. The maximum absolute atomic E-state index is 12.3. The molecule has 0 saturated heterocycles. The van der Waals surface area contributed by atoms with Crippen molar-refractivity contribution in [3.05, 3.63) is 62.4 Å². The molecule has 0 bridgehead atoms. The highest BCUT2D eigenvalue weighted by molar-refractivity contribution is 9.10. The number of aromatic hydroxyl groups is 2. The predicted octanol–water partition coefficient (Wildman–Crippen LogP) is 3.53. The molecule has 0 unspecified atom stereocenters. The fourth-order valence-corrected chi connectivity index (χ4v) is 2.57. The average Bonchev–Trinajstić information content (AvgIpc) is 2.53. The molecule has 0 saturated carbocycles. The van der Waals surface area contributed by atoms with Gasteiger partial charge in [-0.05, 0) is 43.3 Å². The second-order valence-corrected chi connectivity index (χ2v) is 6.08. The number of amides is 1. The van der Waals surface area contributed by atoms with Gasteiger partial charge in [-0.25, -0.2) is 4.79 Å². The molecule has 122 valence electrons. The standard InChI is InChI=1S/C17H12BrNO5/c1-8-12(20)7-6-11-14(21)13(17(23)24-15(8)11)16(22)19-10-4-2-9(18)3-5-10/h2-7,20-21H,1H3,(H,19,22). The summed E-state index contributed by atoms with van der Waals surface area (Å²) in [7, 11) is 0. The van der Waals surface area contributed by atoms with Gasteiger partial charge in [-0.1, -0.05) is 15.9 Å². The number of fused-ring (bicyclic) bond motifs is 1. The van der Waals surface area contributed by atoms with Crippen LogP contribution in [-0.4, -0.2) is 16.1 Å². The van der Waals surface area contributed by atoms with Gasteiger partial charge in [0, 0.05) is 15.7 Å². The summed E-state index contributed by atoms with van der Waals surface area (Å²) >= 11 is 3.28. The van der Waals surface area contributed by atoms with E-state index in [1.807, 2.05) is 0 Å². The first-order valence-electron chi connectivity index (χ1n) is 6.93. The van der Waals surface area contributed by atoms with Crippen molar-refractivity contribution in [1.29, 1.82) is 0 Å². The maximum Gasteiger partial charge on any atom is 0.353 e. The smallest absolute Gasteiger partial charge is 0.353 e. The number of anilines is 1. The van der Waals surface area contributed by atoms with Gasteiger partial charge in [0.25, 0.3) is 5.91 Å².